The molecule has 1 amide bonds. The minimum Gasteiger partial charge on any atom is -0.337 e. The highest BCUT2D eigenvalue weighted by atomic mass is 32.1. The fourth-order valence-corrected chi connectivity index (χ4v) is 4.06. The number of aryl methyl sites for hydroxylation is 1. The molecule has 25 heavy (non-hydrogen) atoms. The minimum absolute atomic E-state index is 0.116. The number of hydrogen-bond acceptors (Lipinski definition) is 5. The molecule has 6 nitrogen and oxygen atoms in total. The van der Waals surface area contributed by atoms with Crippen molar-refractivity contribution in [1.29, 1.82) is 0 Å². The van der Waals surface area contributed by atoms with Gasteiger partial charge in [-0.25, -0.2) is 4.98 Å². The Labute approximate surface area is 150 Å². The van der Waals surface area contributed by atoms with Crippen LogP contribution in [0.4, 0.5) is 0 Å². The lowest BCUT2D eigenvalue weighted by atomic mass is 9.92. The monoisotopic (exact) mass is 353 g/mol. The summed E-state index contributed by atoms with van der Waals surface area (Å²) in [5.74, 6) is 0.307. The highest BCUT2D eigenvalue weighted by Gasteiger charge is 2.29. The predicted octanol–water partition coefficient (Wildman–Crippen LogP) is 2.96. The van der Waals surface area contributed by atoms with E-state index < -0.39 is 0 Å². The Balaban J connectivity index is 1.62. The molecule has 0 aliphatic carbocycles. The fraction of sp³-hybridized carbons (Fsp3) is 0.333. The second-order valence-electron chi connectivity index (χ2n) is 6.25. The van der Waals surface area contributed by atoms with E-state index in [9.17, 15) is 4.79 Å². The van der Waals surface area contributed by atoms with E-state index in [-0.39, 0.29) is 11.8 Å². The number of aromatic nitrogens is 4. The van der Waals surface area contributed by atoms with Gasteiger partial charge < -0.3 is 9.47 Å². The number of carbonyl (C=O) groups is 1. The standard InChI is InChI=1S/C18H19N5OS/c1-22-12-19-10-14(22)17-16(20-6-7-21-17)13-4-2-8-23(11-13)18(24)15-5-3-9-25-15/h3,5-7,9-10,12-13H,2,4,8,11H2,1H3/t13-/m0/s1. The molecule has 3 aromatic heterocycles. The lowest BCUT2D eigenvalue weighted by molar-refractivity contribution is 0.0711. The van der Waals surface area contributed by atoms with Crippen LogP contribution in [0.1, 0.15) is 34.1 Å². The molecule has 4 rings (SSSR count). The number of carbonyl (C=O) groups excluding carboxylic acids is 1. The quantitative estimate of drug-likeness (QED) is 0.726. The van der Waals surface area contributed by atoms with Crippen molar-refractivity contribution in [2.24, 2.45) is 7.05 Å². The Hall–Kier alpha value is -2.54. The first-order valence-corrected chi connectivity index (χ1v) is 9.22. The average Bonchev–Trinajstić information content (AvgIpc) is 3.33. The third kappa shape index (κ3) is 3.07. The molecule has 7 heteroatoms. The second-order valence-corrected chi connectivity index (χ2v) is 7.20. The van der Waals surface area contributed by atoms with Crippen molar-refractivity contribution in [3.05, 3.63) is 53.0 Å². The molecule has 1 atom stereocenters. The number of likely N-dealkylation sites (tertiary alicyclic amines) is 1. The van der Waals surface area contributed by atoms with Gasteiger partial charge in [0.2, 0.25) is 0 Å². The minimum atomic E-state index is 0.116. The molecular weight excluding hydrogens is 334 g/mol. The maximum Gasteiger partial charge on any atom is 0.263 e. The Morgan fingerprint density at radius 1 is 1.32 bits per heavy atom. The maximum absolute atomic E-state index is 12.7. The van der Waals surface area contributed by atoms with E-state index in [2.05, 4.69) is 15.0 Å². The van der Waals surface area contributed by atoms with Gasteiger partial charge in [-0.05, 0) is 24.3 Å². The van der Waals surface area contributed by atoms with Crippen LogP contribution in [0.3, 0.4) is 0 Å². The number of hydrogen-bond donors (Lipinski definition) is 0. The largest absolute Gasteiger partial charge is 0.337 e. The van der Waals surface area contributed by atoms with Crippen LogP contribution in [0.5, 0.6) is 0 Å². The number of rotatable bonds is 3. The van der Waals surface area contributed by atoms with Gasteiger partial charge in [0.25, 0.3) is 5.91 Å². The van der Waals surface area contributed by atoms with E-state index in [0.29, 0.717) is 6.54 Å². The Morgan fingerprint density at radius 2 is 2.20 bits per heavy atom. The topological polar surface area (TPSA) is 63.9 Å². The van der Waals surface area contributed by atoms with Gasteiger partial charge in [-0.15, -0.1) is 11.3 Å². The molecule has 1 aliphatic heterocycles. The molecule has 3 aromatic rings. The van der Waals surface area contributed by atoms with E-state index in [4.69, 9.17) is 0 Å². The van der Waals surface area contributed by atoms with Gasteiger partial charge >= 0.3 is 0 Å². The first kappa shape index (κ1) is 16.0. The van der Waals surface area contributed by atoms with Crippen LogP contribution in [0, 0.1) is 0 Å². The number of amides is 1. The highest BCUT2D eigenvalue weighted by molar-refractivity contribution is 7.12. The third-order valence-corrected chi connectivity index (χ3v) is 5.47. The molecule has 0 bridgehead atoms. The molecule has 128 valence electrons. The van der Waals surface area contributed by atoms with E-state index in [1.54, 1.807) is 18.7 Å². The van der Waals surface area contributed by atoms with E-state index in [0.717, 1.165) is 41.3 Å². The summed E-state index contributed by atoms with van der Waals surface area (Å²) in [4.78, 5) is 28.8. The van der Waals surface area contributed by atoms with Gasteiger partial charge in [-0.1, -0.05) is 6.07 Å². The van der Waals surface area contributed by atoms with E-state index in [1.165, 1.54) is 11.3 Å². The molecule has 0 spiro atoms. The van der Waals surface area contributed by atoms with Crippen molar-refractivity contribution in [2.45, 2.75) is 18.8 Å². The number of nitrogens with zero attached hydrogens (tertiary/aromatic N) is 5. The lowest BCUT2D eigenvalue weighted by Crippen LogP contribution is -2.39. The zero-order valence-electron chi connectivity index (χ0n) is 14.0. The molecular formula is C18H19N5OS. The van der Waals surface area contributed by atoms with Gasteiger partial charge in [0.15, 0.2) is 0 Å². The molecule has 0 radical (unpaired) electrons. The summed E-state index contributed by atoms with van der Waals surface area (Å²) >= 11 is 1.49. The summed E-state index contributed by atoms with van der Waals surface area (Å²) in [6.45, 7) is 1.48. The van der Waals surface area contributed by atoms with Gasteiger partial charge in [0.1, 0.15) is 5.69 Å². The molecule has 0 saturated carbocycles. The van der Waals surface area contributed by atoms with Gasteiger partial charge in [0.05, 0.1) is 28.8 Å². The van der Waals surface area contributed by atoms with Crippen molar-refractivity contribution in [3.8, 4) is 11.4 Å². The Kier molecular flexibility index (Phi) is 4.31. The molecule has 1 saturated heterocycles. The normalized spacial score (nSPS) is 17.6. The zero-order valence-corrected chi connectivity index (χ0v) is 14.8. The average molecular weight is 353 g/mol. The molecule has 4 heterocycles. The molecule has 1 fully saturated rings. The van der Waals surface area contributed by atoms with Crippen LogP contribution in [0.25, 0.3) is 11.4 Å². The molecule has 0 aromatic carbocycles. The van der Waals surface area contributed by atoms with E-state index in [1.807, 2.05) is 40.2 Å². The summed E-state index contributed by atoms with van der Waals surface area (Å²) in [6.07, 6.45) is 9.01. The van der Waals surface area contributed by atoms with Crippen LogP contribution in [0.15, 0.2) is 42.4 Å². The van der Waals surface area contributed by atoms with Crippen LogP contribution in [0.2, 0.25) is 0 Å². The summed E-state index contributed by atoms with van der Waals surface area (Å²) in [5.41, 5.74) is 2.76. The summed E-state index contributed by atoms with van der Waals surface area (Å²) in [7, 11) is 1.95. The highest BCUT2D eigenvalue weighted by Crippen LogP contribution is 2.32. The third-order valence-electron chi connectivity index (χ3n) is 4.61. The smallest absolute Gasteiger partial charge is 0.263 e. The number of thiophene rings is 1. The fourth-order valence-electron chi connectivity index (χ4n) is 3.37. The maximum atomic E-state index is 12.7. The molecule has 1 aliphatic rings. The van der Waals surface area contributed by atoms with Crippen LogP contribution < -0.4 is 0 Å². The first-order valence-electron chi connectivity index (χ1n) is 8.34. The van der Waals surface area contributed by atoms with Gasteiger partial charge in [-0.2, -0.15) is 0 Å². The van der Waals surface area contributed by atoms with Crippen molar-refractivity contribution < 1.29 is 4.79 Å². The Morgan fingerprint density at radius 3 is 2.96 bits per heavy atom. The van der Waals surface area contributed by atoms with Crippen LogP contribution in [-0.4, -0.2) is 43.4 Å². The second kappa shape index (κ2) is 6.76. The number of piperidine rings is 1. The number of imidazole rings is 1. The summed E-state index contributed by atoms with van der Waals surface area (Å²) in [6, 6.07) is 3.81. The lowest BCUT2D eigenvalue weighted by Gasteiger charge is -2.32. The summed E-state index contributed by atoms with van der Waals surface area (Å²) < 4.78 is 1.95. The van der Waals surface area contributed by atoms with Crippen molar-refractivity contribution >= 4 is 17.2 Å². The van der Waals surface area contributed by atoms with Crippen LogP contribution in [-0.2, 0) is 7.05 Å². The SMILES string of the molecule is Cn1cncc1-c1nccnc1[C@H]1CCCN(C(=O)c2cccs2)C1. The van der Waals surface area contributed by atoms with Gasteiger partial charge in [0, 0.05) is 38.4 Å². The van der Waals surface area contributed by atoms with Crippen molar-refractivity contribution in [3.63, 3.8) is 0 Å². The molecule has 0 unspecified atom stereocenters. The van der Waals surface area contributed by atoms with Crippen molar-refractivity contribution in [1.82, 2.24) is 24.4 Å². The van der Waals surface area contributed by atoms with Crippen molar-refractivity contribution in [2.75, 3.05) is 13.1 Å². The van der Waals surface area contributed by atoms with Gasteiger partial charge in [-0.3, -0.25) is 14.8 Å². The molecule has 0 N–H and O–H groups in total. The van der Waals surface area contributed by atoms with E-state index >= 15 is 0 Å². The predicted molar refractivity (Wildman–Crippen MR) is 96.4 cm³/mol. The zero-order chi connectivity index (χ0) is 17.2. The summed E-state index contributed by atoms with van der Waals surface area (Å²) in [5, 5.41) is 1.94. The Bertz CT molecular complexity index is 873. The first-order chi connectivity index (χ1) is 12.2. The van der Waals surface area contributed by atoms with Crippen LogP contribution >= 0.6 is 11.3 Å².